The summed E-state index contributed by atoms with van der Waals surface area (Å²) >= 11 is 0. The van der Waals surface area contributed by atoms with Crippen LogP contribution in [-0.2, 0) is 10.0 Å². The molecule has 0 saturated heterocycles. The largest absolute Gasteiger partial charge is 0.393 e. The maximum absolute atomic E-state index is 12.7. The average molecular weight is 401 g/mol. The maximum Gasteiger partial charge on any atom is 0.240 e. The summed E-state index contributed by atoms with van der Waals surface area (Å²) in [4.78, 5) is 0.233. The lowest BCUT2D eigenvalue weighted by molar-refractivity contribution is 0.181. The molecule has 28 heavy (non-hydrogen) atoms. The number of nitrogen functional groups attached to an aromatic ring is 1. The fraction of sp³-hybridized carbons (Fsp3) is 0.350. The molecule has 1 aliphatic rings. The predicted octanol–water partition coefficient (Wildman–Crippen LogP) is 2.62. The Morgan fingerprint density at radius 3 is 2.61 bits per heavy atom. The van der Waals surface area contributed by atoms with Gasteiger partial charge in [0.1, 0.15) is 0 Å². The number of fused-ring (bicyclic) bond motifs is 1. The highest BCUT2D eigenvalue weighted by Gasteiger charge is 2.27. The molecule has 1 aliphatic carbocycles. The van der Waals surface area contributed by atoms with Gasteiger partial charge in [0.15, 0.2) is 5.82 Å². The molecule has 5 N–H and O–H groups in total. The molecule has 2 unspecified atom stereocenters. The van der Waals surface area contributed by atoms with Crippen LogP contribution in [0.3, 0.4) is 0 Å². The van der Waals surface area contributed by atoms with Gasteiger partial charge in [-0.1, -0.05) is 12.1 Å². The molecule has 1 fully saturated rings. The minimum absolute atomic E-state index is 0.214. The second kappa shape index (κ2) is 6.88. The van der Waals surface area contributed by atoms with Crippen molar-refractivity contribution in [2.24, 2.45) is 0 Å². The van der Waals surface area contributed by atoms with Crippen LogP contribution in [0.15, 0.2) is 35.2 Å². The van der Waals surface area contributed by atoms with Gasteiger partial charge in [-0.05, 0) is 73.6 Å². The molecule has 1 aromatic heterocycles. The number of rotatable bonds is 4. The summed E-state index contributed by atoms with van der Waals surface area (Å²) in [7, 11) is -3.63. The number of aliphatic hydroxyl groups is 1. The van der Waals surface area contributed by atoms with Crippen LogP contribution in [0.5, 0.6) is 0 Å². The number of aromatic nitrogens is 2. The second-order valence-corrected chi connectivity index (χ2v) is 9.25. The number of nitrogens with zero attached hydrogens (tertiary/aromatic N) is 1. The fourth-order valence-electron chi connectivity index (χ4n) is 4.06. The Morgan fingerprint density at radius 2 is 1.93 bits per heavy atom. The molecule has 4 rings (SSSR count). The topological polar surface area (TPSA) is 121 Å². The van der Waals surface area contributed by atoms with Gasteiger partial charge in [0.2, 0.25) is 10.0 Å². The third-order valence-corrected chi connectivity index (χ3v) is 7.06. The van der Waals surface area contributed by atoms with Crippen LogP contribution in [0.25, 0.3) is 22.0 Å². The predicted molar refractivity (Wildman–Crippen MR) is 109 cm³/mol. The van der Waals surface area contributed by atoms with E-state index < -0.39 is 16.1 Å². The van der Waals surface area contributed by atoms with Crippen molar-refractivity contribution >= 4 is 26.7 Å². The van der Waals surface area contributed by atoms with Crippen molar-refractivity contribution in [1.82, 2.24) is 14.9 Å². The van der Waals surface area contributed by atoms with E-state index in [0.717, 1.165) is 33.2 Å². The number of hydrogen-bond donors (Lipinski definition) is 4. The molecule has 1 heterocycles. The molecule has 2 atom stereocenters. The Kier molecular flexibility index (Phi) is 4.65. The number of H-pyrrole nitrogens is 1. The Morgan fingerprint density at radius 1 is 1.18 bits per heavy atom. The molecule has 7 nitrogen and oxygen atoms in total. The van der Waals surface area contributed by atoms with E-state index in [-0.39, 0.29) is 10.9 Å². The highest BCUT2D eigenvalue weighted by molar-refractivity contribution is 7.89. The summed E-state index contributed by atoms with van der Waals surface area (Å²) in [6, 6.07) is 8.85. The number of benzene rings is 2. The Bertz CT molecular complexity index is 1150. The third kappa shape index (κ3) is 3.28. The van der Waals surface area contributed by atoms with Gasteiger partial charge in [-0.3, -0.25) is 5.10 Å². The molecular formula is C20H24N4O3S. The van der Waals surface area contributed by atoms with Crippen LogP contribution in [0.1, 0.15) is 30.4 Å². The molecule has 2 aromatic carbocycles. The smallest absolute Gasteiger partial charge is 0.240 e. The van der Waals surface area contributed by atoms with Gasteiger partial charge in [-0.2, -0.15) is 5.10 Å². The molecule has 8 heteroatoms. The van der Waals surface area contributed by atoms with E-state index in [1.807, 2.05) is 32.0 Å². The van der Waals surface area contributed by atoms with E-state index in [9.17, 15) is 13.5 Å². The number of aromatic amines is 1. The quantitative estimate of drug-likeness (QED) is 0.536. The molecule has 148 valence electrons. The minimum atomic E-state index is -3.63. The van der Waals surface area contributed by atoms with Gasteiger partial charge in [-0.15, -0.1) is 0 Å². The van der Waals surface area contributed by atoms with E-state index in [0.29, 0.717) is 25.1 Å². The lowest BCUT2D eigenvalue weighted by Crippen LogP contribution is -2.33. The van der Waals surface area contributed by atoms with Gasteiger partial charge in [0.25, 0.3) is 0 Å². The van der Waals surface area contributed by atoms with Crippen molar-refractivity contribution in [3.05, 3.63) is 41.5 Å². The number of aliphatic hydroxyl groups excluding tert-OH is 1. The first kappa shape index (κ1) is 18.9. The summed E-state index contributed by atoms with van der Waals surface area (Å²) in [6.07, 6.45) is 1.32. The van der Waals surface area contributed by atoms with Crippen LogP contribution in [0.4, 0.5) is 5.82 Å². The van der Waals surface area contributed by atoms with E-state index >= 15 is 0 Å². The Balaban J connectivity index is 1.69. The normalized spacial score (nSPS) is 20.1. The van der Waals surface area contributed by atoms with Crippen molar-refractivity contribution in [3.8, 4) is 11.1 Å². The molecule has 0 bridgehead atoms. The number of nitrogens with one attached hydrogen (secondary N) is 2. The monoisotopic (exact) mass is 400 g/mol. The van der Waals surface area contributed by atoms with E-state index in [1.54, 1.807) is 12.1 Å². The van der Waals surface area contributed by atoms with Gasteiger partial charge in [0.05, 0.1) is 16.5 Å². The second-order valence-electron chi connectivity index (χ2n) is 7.53. The standard InChI is InChI=1S/C20H24N4O3S/c1-11-9-15(28(26,27)24-13-3-4-14(25)10-13)5-6-16(11)17-7-8-18-19(12(17)2)20(21)23-22-18/h5-9,13-14,24-25H,3-4,10H2,1-2H3,(H3,21,22,23). The SMILES string of the molecule is Cc1cc(S(=O)(=O)NC2CCC(O)C2)ccc1-c1ccc2[nH]nc(N)c2c1C. The van der Waals surface area contributed by atoms with Crippen molar-refractivity contribution in [2.75, 3.05) is 5.73 Å². The fourth-order valence-corrected chi connectivity index (χ4v) is 5.43. The van der Waals surface area contributed by atoms with Crippen LogP contribution < -0.4 is 10.5 Å². The Labute approximate surface area is 164 Å². The van der Waals surface area contributed by atoms with Gasteiger partial charge in [0, 0.05) is 11.4 Å². The first-order valence-electron chi connectivity index (χ1n) is 9.31. The number of aryl methyl sites for hydroxylation is 2. The molecule has 1 saturated carbocycles. The first-order valence-corrected chi connectivity index (χ1v) is 10.8. The zero-order chi connectivity index (χ0) is 20.1. The number of anilines is 1. The zero-order valence-corrected chi connectivity index (χ0v) is 16.7. The van der Waals surface area contributed by atoms with E-state index in [1.165, 1.54) is 0 Å². The molecule has 0 amide bonds. The number of nitrogens with two attached hydrogens (primary N) is 1. The third-order valence-electron chi connectivity index (χ3n) is 5.54. The van der Waals surface area contributed by atoms with Crippen molar-refractivity contribution in [1.29, 1.82) is 0 Å². The van der Waals surface area contributed by atoms with E-state index in [4.69, 9.17) is 5.73 Å². The van der Waals surface area contributed by atoms with Crippen molar-refractivity contribution in [3.63, 3.8) is 0 Å². The summed E-state index contributed by atoms with van der Waals surface area (Å²) < 4.78 is 28.2. The van der Waals surface area contributed by atoms with Crippen LogP contribution in [0, 0.1) is 13.8 Å². The Hall–Kier alpha value is -2.42. The highest BCUT2D eigenvalue weighted by Crippen LogP contribution is 2.34. The van der Waals surface area contributed by atoms with Gasteiger partial charge < -0.3 is 10.8 Å². The zero-order valence-electron chi connectivity index (χ0n) is 15.9. The molecule has 3 aromatic rings. The van der Waals surface area contributed by atoms with Crippen LogP contribution >= 0.6 is 0 Å². The van der Waals surface area contributed by atoms with Gasteiger partial charge in [-0.25, -0.2) is 13.1 Å². The summed E-state index contributed by atoms with van der Waals surface area (Å²) in [5, 5.41) is 17.5. The maximum atomic E-state index is 12.7. The average Bonchev–Trinajstić information content (AvgIpc) is 3.21. The number of hydrogen-bond acceptors (Lipinski definition) is 5. The summed E-state index contributed by atoms with van der Waals surface area (Å²) in [5.41, 5.74) is 10.7. The first-order chi connectivity index (χ1) is 13.3. The van der Waals surface area contributed by atoms with Crippen molar-refractivity contribution in [2.45, 2.75) is 50.2 Å². The molecule has 0 aliphatic heterocycles. The van der Waals surface area contributed by atoms with Crippen LogP contribution in [-0.4, -0.2) is 35.9 Å². The van der Waals surface area contributed by atoms with Crippen LogP contribution in [0.2, 0.25) is 0 Å². The molecule has 0 spiro atoms. The van der Waals surface area contributed by atoms with Gasteiger partial charge >= 0.3 is 0 Å². The summed E-state index contributed by atoms with van der Waals surface area (Å²) in [6.45, 7) is 3.89. The minimum Gasteiger partial charge on any atom is -0.393 e. The lowest BCUT2D eigenvalue weighted by atomic mass is 9.94. The molecular weight excluding hydrogens is 376 g/mol. The van der Waals surface area contributed by atoms with E-state index in [2.05, 4.69) is 14.9 Å². The lowest BCUT2D eigenvalue weighted by Gasteiger charge is -2.15. The summed E-state index contributed by atoms with van der Waals surface area (Å²) in [5.74, 6) is 0.453. The molecule has 0 radical (unpaired) electrons. The highest BCUT2D eigenvalue weighted by atomic mass is 32.2. The number of sulfonamides is 1. The van der Waals surface area contributed by atoms with Crippen molar-refractivity contribution < 1.29 is 13.5 Å².